The second kappa shape index (κ2) is 49.6. The Balaban J connectivity index is 1.96. The average molecular weight is 1280 g/mol. The Labute approximate surface area is 538 Å². The summed E-state index contributed by atoms with van der Waals surface area (Å²) in [6.45, 7) is 27.9. The van der Waals surface area contributed by atoms with Gasteiger partial charge in [-0.15, -0.1) is 0 Å². The lowest BCUT2D eigenvalue weighted by Gasteiger charge is -2.51. The SMILES string of the molecule is CCCCOCC1O[C@@H](OCC2O[C@H](O)C(OCCCC)[C@@H](O[C@@H]3OC(COCCCC)[C@@H](OCCCC)C(OCCCC)[C@@H]3OCCCC)[C@@H]2O[C@@H]2OC(COCCCC)[C@@H](OCCCC)[C@H](OCCCC)C2O)[C@@H](O)C(OCCCC)[C@@H]1OCCCC. The molecule has 0 saturated carbocycles. The molecule has 21 nitrogen and oxygen atoms in total. The fraction of sp³-hybridized carbons (Fsp3) is 1.00. The van der Waals surface area contributed by atoms with E-state index in [4.69, 9.17) is 85.3 Å². The van der Waals surface area contributed by atoms with E-state index in [-0.39, 0.29) is 33.0 Å². The zero-order valence-electron chi connectivity index (χ0n) is 57.4. The smallest absolute Gasteiger partial charge is 0.187 e. The van der Waals surface area contributed by atoms with E-state index in [1.807, 2.05) is 0 Å². The lowest BCUT2D eigenvalue weighted by atomic mass is 9.95. The molecule has 89 heavy (non-hydrogen) atoms. The van der Waals surface area contributed by atoms with Gasteiger partial charge in [0.25, 0.3) is 0 Å². The number of rotatable bonds is 54. The van der Waals surface area contributed by atoms with Crippen LogP contribution in [0, 0.1) is 0 Å². The van der Waals surface area contributed by atoms with Gasteiger partial charge in [0.2, 0.25) is 0 Å². The Morgan fingerprint density at radius 1 is 0.236 bits per heavy atom. The van der Waals surface area contributed by atoms with E-state index in [9.17, 15) is 15.3 Å². The van der Waals surface area contributed by atoms with E-state index in [1.54, 1.807) is 0 Å². The van der Waals surface area contributed by atoms with Crippen molar-refractivity contribution in [1.82, 2.24) is 0 Å². The van der Waals surface area contributed by atoms with Crippen LogP contribution < -0.4 is 0 Å². The van der Waals surface area contributed by atoms with E-state index < -0.39 is 123 Å². The van der Waals surface area contributed by atoms with E-state index in [0.717, 1.165) is 135 Å². The van der Waals surface area contributed by atoms with Crippen molar-refractivity contribution in [3.8, 4) is 0 Å². The normalized spacial score (nSPS) is 32.7. The van der Waals surface area contributed by atoms with Gasteiger partial charge >= 0.3 is 0 Å². The molecule has 0 aliphatic carbocycles. The maximum atomic E-state index is 12.8. The minimum Gasteiger partial charge on any atom is -0.385 e. The van der Waals surface area contributed by atoms with E-state index >= 15 is 0 Å². The van der Waals surface area contributed by atoms with Crippen molar-refractivity contribution in [3.05, 3.63) is 0 Å². The maximum Gasteiger partial charge on any atom is 0.187 e. The molecule has 4 aliphatic rings. The molecule has 4 saturated heterocycles. The maximum absolute atomic E-state index is 12.8. The van der Waals surface area contributed by atoms with Crippen molar-refractivity contribution in [1.29, 1.82) is 0 Å². The Kier molecular flexibility index (Phi) is 45.0. The molecule has 0 aromatic rings. The first-order chi connectivity index (χ1) is 43.5. The number of aliphatic hydroxyl groups excluding tert-OH is 3. The minimum absolute atomic E-state index is 0.131. The van der Waals surface area contributed by atoms with Crippen molar-refractivity contribution in [2.75, 3.05) is 99.1 Å². The highest BCUT2D eigenvalue weighted by molar-refractivity contribution is 5.00. The van der Waals surface area contributed by atoms with Crippen molar-refractivity contribution >= 4 is 0 Å². The largest absolute Gasteiger partial charge is 0.385 e. The summed E-state index contributed by atoms with van der Waals surface area (Å²) in [4.78, 5) is 0. The number of aliphatic hydroxyl groups is 3. The molecule has 0 aromatic heterocycles. The molecule has 528 valence electrons. The van der Waals surface area contributed by atoms with Crippen molar-refractivity contribution in [2.45, 2.75) is 340 Å². The zero-order chi connectivity index (χ0) is 64.4. The van der Waals surface area contributed by atoms with Crippen LogP contribution in [0.4, 0.5) is 0 Å². The second-order valence-electron chi connectivity index (χ2n) is 24.5. The summed E-state index contributed by atoms with van der Waals surface area (Å²) in [6, 6.07) is 0. The molecule has 8 unspecified atom stereocenters. The van der Waals surface area contributed by atoms with E-state index in [0.29, 0.717) is 72.5 Å². The molecular formula is C68H130O21. The lowest BCUT2D eigenvalue weighted by Crippen LogP contribution is -2.68. The summed E-state index contributed by atoms with van der Waals surface area (Å²) in [5.74, 6) is 0. The third-order valence-corrected chi connectivity index (χ3v) is 16.7. The van der Waals surface area contributed by atoms with Crippen LogP contribution in [0.1, 0.15) is 217 Å². The van der Waals surface area contributed by atoms with Crippen LogP contribution in [-0.2, 0) is 85.3 Å². The summed E-state index contributed by atoms with van der Waals surface area (Å²) >= 11 is 0. The fourth-order valence-corrected chi connectivity index (χ4v) is 11.1. The molecule has 0 bridgehead atoms. The second-order valence-corrected chi connectivity index (χ2v) is 24.5. The summed E-state index contributed by atoms with van der Waals surface area (Å²) in [6.07, 6.45) is -2.01. The predicted molar refractivity (Wildman–Crippen MR) is 339 cm³/mol. The fourth-order valence-electron chi connectivity index (χ4n) is 11.1. The molecular weight excluding hydrogens is 1150 g/mol. The lowest BCUT2D eigenvalue weighted by molar-refractivity contribution is -0.396. The van der Waals surface area contributed by atoms with Crippen LogP contribution in [0.25, 0.3) is 0 Å². The van der Waals surface area contributed by atoms with E-state index in [1.165, 1.54) is 0 Å². The standard InChI is InChI=1S/C68H130O21/c1-12-23-34-72-45-49-55(75-37-26-15-4)59(78-40-29-18-7)53(69)66(85-49)83-48-52-58(88-67-54(70)60(79-41-30-19-8)56(76-38-27-16-5)50(86-67)46-73-35-24-13-2)62(63(65(71)84-52)81-43-32-21-10)89-68-64(82-44-33-22-11)61(80-42-31-20-9)57(77-39-28-17-6)51(87-68)47-74-36-25-14-3/h49-71H,12-48H2,1-11H3/t49?,50?,51?,52?,53-,54?,55+,56+,57+,58+,59?,60+,61?,62-,63?,64-,65-,66+,67-,68-/m0/s1. The highest BCUT2D eigenvalue weighted by Gasteiger charge is 2.57. The molecule has 0 amide bonds. The van der Waals surface area contributed by atoms with Crippen LogP contribution >= 0.6 is 0 Å². The van der Waals surface area contributed by atoms with Crippen LogP contribution in [0.15, 0.2) is 0 Å². The third-order valence-electron chi connectivity index (χ3n) is 16.7. The van der Waals surface area contributed by atoms with Crippen LogP contribution in [0.3, 0.4) is 0 Å². The number of unbranched alkanes of at least 4 members (excludes halogenated alkanes) is 11. The van der Waals surface area contributed by atoms with Gasteiger partial charge in [-0.05, 0) is 70.6 Å². The van der Waals surface area contributed by atoms with Crippen molar-refractivity contribution < 1.29 is 101 Å². The quantitative estimate of drug-likeness (QED) is 0.0481. The molecule has 3 N–H and O–H groups in total. The van der Waals surface area contributed by atoms with Crippen LogP contribution in [0.2, 0.25) is 0 Å². The van der Waals surface area contributed by atoms with Crippen molar-refractivity contribution in [2.24, 2.45) is 0 Å². The molecule has 4 fully saturated rings. The number of ether oxygens (including phenoxy) is 18. The van der Waals surface area contributed by atoms with Gasteiger partial charge in [0.1, 0.15) is 97.7 Å². The summed E-state index contributed by atoms with van der Waals surface area (Å²) in [7, 11) is 0. The molecule has 0 radical (unpaired) electrons. The minimum atomic E-state index is -1.62. The summed E-state index contributed by atoms with van der Waals surface area (Å²) in [5, 5.41) is 37.8. The van der Waals surface area contributed by atoms with Gasteiger partial charge in [-0.1, -0.05) is 147 Å². The first-order valence-electron chi connectivity index (χ1n) is 35.8. The van der Waals surface area contributed by atoms with Crippen molar-refractivity contribution in [3.63, 3.8) is 0 Å². The molecule has 20 atom stereocenters. The third kappa shape index (κ3) is 28.0. The molecule has 0 spiro atoms. The van der Waals surface area contributed by atoms with Gasteiger partial charge in [0.05, 0.1) is 26.4 Å². The first-order valence-corrected chi connectivity index (χ1v) is 35.8. The predicted octanol–water partition coefficient (Wildman–Crippen LogP) is 10.3. The number of hydrogen-bond donors (Lipinski definition) is 3. The molecule has 4 heterocycles. The molecule has 4 rings (SSSR count). The Hall–Kier alpha value is -0.840. The first kappa shape index (κ1) is 80.6. The van der Waals surface area contributed by atoms with Gasteiger partial charge in [0, 0.05) is 72.7 Å². The topological polar surface area (TPSA) is 227 Å². The van der Waals surface area contributed by atoms with Gasteiger partial charge < -0.3 is 101 Å². The molecule has 21 heteroatoms. The zero-order valence-corrected chi connectivity index (χ0v) is 57.4. The highest BCUT2D eigenvalue weighted by Crippen LogP contribution is 2.39. The van der Waals surface area contributed by atoms with Gasteiger partial charge in [-0.2, -0.15) is 0 Å². The van der Waals surface area contributed by atoms with Gasteiger partial charge in [-0.3, -0.25) is 0 Å². The summed E-state index contributed by atoms with van der Waals surface area (Å²) in [5.41, 5.74) is 0. The van der Waals surface area contributed by atoms with Gasteiger partial charge in [-0.25, -0.2) is 0 Å². The Morgan fingerprint density at radius 3 is 0.910 bits per heavy atom. The number of hydrogen-bond acceptors (Lipinski definition) is 21. The molecule has 0 aromatic carbocycles. The summed E-state index contributed by atoms with van der Waals surface area (Å²) < 4.78 is 122. The van der Waals surface area contributed by atoms with Gasteiger partial charge in [0.15, 0.2) is 25.2 Å². The van der Waals surface area contributed by atoms with Crippen LogP contribution in [-0.4, -0.2) is 237 Å². The van der Waals surface area contributed by atoms with E-state index in [2.05, 4.69) is 76.2 Å². The monoisotopic (exact) mass is 1280 g/mol. The Bertz CT molecular complexity index is 1640. The average Bonchev–Trinajstić information content (AvgIpc) is 1.41. The Morgan fingerprint density at radius 2 is 0.517 bits per heavy atom. The molecule has 4 aliphatic heterocycles. The highest BCUT2D eigenvalue weighted by atomic mass is 16.8. The van der Waals surface area contributed by atoms with Crippen LogP contribution in [0.5, 0.6) is 0 Å².